The first-order chi connectivity index (χ1) is 9.03. The number of rotatable bonds is 8. The summed E-state index contributed by atoms with van der Waals surface area (Å²) in [5.74, 6) is 0.540. The predicted molar refractivity (Wildman–Crippen MR) is 80.2 cm³/mol. The van der Waals surface area contributed by atoms with Gasteiger partial charge in [0.05, 0.1) is 4.90 Å². The molecule has 1 aromatic carbocycles. The number of hydrogen-bond donors (Lipinski definition) is 1. The number of halogens is 1. The summed E-state index contributed by atoms with van der Waals surface area (Å²) in [6.45, 7) is 4.05. The molecule has 0 bridgehead atoms. The Hall–Kier alpha value is -0.580. The van der Waals surface area contributed by atoms with Crippen molar-refractivity contribution in [2.75, 3.05) is 5.88 Å². The van der Waals surface area contributed by atoms with Gasteiger partial charge in [0.1, 0.15) is 0 Å². The number of alkyl halides is 1. The quantitative estimate of drug-likeness (QED) is 0.749. The summed E-state index contributed by atoms with van der Waals surface area (Å²) in [5, 5.41) is 0. The molecule has 0 heterocycles. The summed E-state index contributed by atoms with van der Waals surface area (Å²) in [6.07, 6.45) is 3.38. The predicted octanol–water partition coefficient (Wildman–Crippen LogP) is 3.32. The van der Waals surface area contributed by atoms with E-state index in [2.05, 4.69) is 11.6 Å². The Morgan fingerprint density at radius 1 is 1.21 bits per heavy atom. The SMILES string of the molecule is CCCC(CC)NS(=O)(=O)c1ccc(CCCl)cc1. The molecule has 0 spiro atoms. The van der Waals surface area contributed by atoms with Crippen LogP contribution in [0.5, 0.6) is 0 Å². The Balaban J connectivity index is 2.81. The molecule has 1 rings (SSSR count). The lowest BCUT2D eigenvalue weighted by Gasteiger charge is -2.16. The van der Waals surface area contributed by atoms with Gasteiger partial charge in [0.2, 0.25) is 10.0 Å². The third-order valence-corrected chi connectivity index (χ3v) is 4.79. The average molecular weight is 304 g/mol. The Morgan fingerprint density at radius 2 is 1.84 bits per heavy atom. The third-order valence-electron chi connectivity index (χ3n) is 3.07. The van der Waals surface area contributed by atoms with Gasteiger partial charge < -0.3 is 0 Å². The van der Waals surface area contributed by atoms with Crippen LogP contribution in [0.4, 0.5) is 0 Å². The van der Waals surface area contributed by atoms with Gasteiger partial charge in [-0.3, -0.25) is 0 Å². The molecule has 0 aromatic heterocycles. The molecule has 3 nitrogen and oxygen atoms in total. The number of hydrogen-bond acceptors (Lipinski definition) is 2. The number of aryl methyl sites for hydroxylation is 1. The summed E-state index contributed by atoms with van der Waals surface area (Å²) in [5.41, 5.74) is 1.05. The highest BCUT2D eigenvalue weighted by molar-refractivity contribution is 7.89. The molecule has 0 saturated heterocycles. The van der Waals surface area contributed by atoms with Crippen molar-refractivity contribution in [3.63, 3.8) is 0 Å². The first-order valence-corrected chi connectivity index (χ1v) is 8.72. The summed E-state index contributed by atoms with van der Waals surface area (Å²) in [6, 6.07) is 6.93. The Bertz CT molecular complexity index is 471. The maximum absolute atomic E-state index is 12.2. The van der Waals surface area contributed by atoms with Crippen LogP contribution in [0, 0.1) is 0 Å². The van der Waals surface area contributed by atoms with E-state index in [1.165, 1.54) is 0 Å². The highest BCUT2D eigenvalue weighted by Crippen LogP contribution is 2.13. The smallest absolute Gasteiger partial charge is 0.208 e. The zero-order valence-corrected chi connectivity index (χ0v) is 13.1. The van der Waals surface area contributed by atoms with Crippen molar-refractivity contribution >= 4 is 21.6 Å². The first-order valence-electron chi connectivity index (χ1n) is 6.70. The second-order valence-electron chi connectivity index (χ2n) is 4.60. The third kappa shape index (κ3) is 5.13. The van der Waals surface area contributed by atoms with Crippen LogP contribution >= 0.6 is 11.6 Å². The van der Waals surface area contributed by atoms with Gasteiger partial charge in [0, 0.05) is 11.9 Å². The molecule has 0 aliphatic heterocycles. The van der Waals surface area contributed by atoms with Crippen LogP contribution < -0.4 is 4.72 Å². The molecular formula is C14H22ClNO2S. The summed E-state index contributed by atoms with van der Waals surface area (Å²) in [7, 11) is -3.41. The normalized spacial score (nSPS) is 13.4. The maximum Gasteiger partial charge on any atom is 0.240 e. The van der Waals surface area contributed by atoms with Gasteiger partial charge in [-0.15, -0.1) is 11.6 Å². The van der Waals surface area contributed by atoms with E-state index >= 15 is 0 Å². The molecule has 0 aliphatic carbocycles. The number of benzene rings is 1. The molecule has 108 valence electrons. The van der Waals surface area contributed by atoms with Gasteiger partial charge >= 0.3 is 0 Å². The second-order valence-corrected chi connectivity index (χ2v) is 6.69. The van der Waals surface area contributed by atoms with E-state index in [9.17, 15) is 8.42 Å². The van der Waals surface area contributed by atoms with E-state index in [4.69, 9.17) is 11.6 Å². The molecular weight excluding hydrogens is 282 g/mol. The topological polar surface area (TPSA) is 46.2 Å². The molecule has 0 fully saturated rings. The summed E-state index contributed by atoms with van der Waals surface area (Å²) >= 11 is 5.66. The maximum atomic E-state index is 12.2. The molecule has 0 aliphatic rings. The minimum atomic E-state index is -3.41. The van der Waals surface area contributed by atoms with Gasteiger partial charge in [0.15, 0.2) is 0 Å². The number of nitrogens with one attached hydrogen (secondary N) is 1. The fourth-order valence-corrected chi connectivity index (χ4v) is 3.50. The van der Waals surface area contributed by atoms with E-state index in [0.717, 1.165) is 31.2 Å². The standard InChI is InChI=1S/C14H22ClNO2S/c1-3-5-13(4-2)16-19(17,18)14-8-6-12(7-9-14)10-11-15/h6-9,13,16H,3-5,10-11H2,1-2H3. The molecule has 1 atom stereocenters. The molecule has 19 heavy (non-hydrogen) atoms. The summed E-state index contributed by atoms with van der Waals surface area (Å²) < 4.78 is 27.2. The zero-order valence-electron chi connectivity index (χ0n) is 11.5. The van der Waals surface area contributed by atoms with Gasteiger partial charge in [-0.25, -0.2) is 13.1 Å². The van der Waals surface area contributed by atoms with Crippen molar-refractivity contribution in [1.82, 2.24) is 4.72 Å². The van der Waals surface area contributed by atoms with Crippen molar-refractivity contribution in [2.24, 2.45) is 0 Å². The molecule has 1 unspecified atom stereocenters. The largest absolute Gasteiger partial charge is 0.240 e. The highest BCUT2D eigenvalue weighted by atomic mass is 35.5. The van der Waals surface area contributed by atoms with Gasteiger partial charge in [-0.1, -0.05) is 32.4 Å². The average Bonchev–Trinajstić information content (AvgIpc) is 2.39. The zero-order chi connectivity index (χ0) is 14.3. The van der Waals surface area contributed by atoms with E-state index in [0.29, 0.717) is 10.8 Å². The van der Waals surface area contributed by atoms with Crippen molar-refractivity contribution < 1.29 is 8.42 Å². The van der Waals surface area contributed by atoms with Gasteiger partial charge in [-0.05, 0) is 37.0 Å². The minimum absolute atomic E-state index is 0.0116. The van der Waals surface area contributed by atoms with Gasteiger partial charge in [-0.2, -0.15) is 0 Å². The van der Waals surface area contributed by atoms with Crippen molar-refractivity contribution in [1.29, 1.82) is 0 Å². The van der Waals surface area contributed by atoms with Crippen molar-refractivity contribution in [3.8, 4) is 0 Å². The lowest BCUT2D eigenvalue weighted by atomic mass is 10.1. The van der Waals surface area contributed by atoms with Crippen LogP contribution in [-0.4, -0.2) is 20.3 Å². The molecule has 5 heteroatoms. The second kappa shape index (κ2) is 7.88. The molecule has 1 N–H and O–H groups in total. The van der Waals surface area contributed by atoms with E-state index in [-0.39, 0.29) is 6.04 Å². The van der Waals surface area contributed by atoms with Crippen LogP contribution in [0.25, 0.3) is 0 Å². The Morgan fingerprint density at radius 3 is 2.32 bits per heavy atom. The Labute approximate surface area is 121 Å². The van der Waals surface area contributed by atoms with Crippen LogP contribution in [0.1, 0.15) is 38.7 Å². The van der Waals surface area contributed by atoms with Crippen LogP contribution in [-0.2, 0) is 16.4 Å². The van der Waals surface area contributed by atoms with E-state index in [1.54, 1.807) is 12.1 Å². The molecule has 0 radical (unpaired) electrons. The van der Waals surface area contributed by atoms with Crippen molar-refractivity contribution in [2.45, 2.75) is 50.5 Å². The fraction of sp³-hybridized carbons (Fsp3) is 0.571. The summed E-state index contributed by atoms with van der Waals surface area (Å²) in [4.78, 5) is 0.320. The monoisotopic (exact) mass is 303 g/mol. The fourth-order valence-electron chi connectivity index (χ4n) is 1.93. The lowest BCUT2D eigenvalue weighted by Crippen LogP contribution is -2.34. The van der Waals surface area contributed by atoms with E-state index < -0.39 is 10.0 Å². The lowest BCUT2D eigenvalue weighted by molar-refractivity contribution is 0.512. The van der Waals surface area contributed by atoms with Crippen LogP contribution in [0.15, 0.2) is 29.2 Å². The molecule has 0 amide bonds. The number of sulfonamides is 1. The van der Waals surface area contributed by atoms with E-state index in [1.807, 2.05) is 19.1 Å². The minimum Gasteiger partial charge on any atom is -0.208 e. The van der Waals surface area contributed by atoms with Crippen molar-refractivity contribution in [3.05, 3.63) is 29.8 Å². The first kappa shape index (κ1) is 16.5. The van der Waals surface area contributed by atoms with Crippen LogP contribution in [0.2, 0.25) is 0 Å². The molecule has 0 saturated carbocycles. The highest BCUT2D eigenvalue weighted by Gasteiger charge is 2.18. The Kier molecular flexibility index (Phi) is 6.83. The molecule has 1 aromatic rings. The van der Waals surface area contributed by atoms with Gasteiger partial charge in [0.25, 0.3) is 0 Å². The van der Waals surface area contributed by atoms with Crippen LogP contribution in [0.3, 0.4) is 0 Å².